The van der Waals surface area contributed by atoms with Gasteiger partial charge in [-0.3, -0.25) is 14.5 Å². The number of benzene rings is 1. The largest absolute Gasteiger partial charge is 0.339 e. The summed E-state index contributed by atoms with van der Waals surface area (Å²) in [5.74, 6) is -1.69. The van der Waals surface area contributed by atoms with Crippen LogP contribution in [0.3, 0.4) is 0 Å². The van der Waals surface area contributed by atoms with E-state index in [1.165, 1.54) is 41.4 Å². The first-order valence-corrected chi connectivity index (χ1v) is 9.29. The van der Waals surface area contributed by atoms with Gasteiger partial charge >= 0.3 is 6.03 Å². The SMILES string of the molecule is CN(Cc1ccc(Cl)s1)C(=O)CN1C(=O)N[C@@](C)(c2ccccc2F)C1=O. The number of nitrogens with one attached hydrogen (secondary N) is 1. The van der Waals surface area contributed by atoms with Crippen molar-refractivity contribution in [3.05, 3.63) is 57.0 Å². The molecule has 1 saturated heterocycles. The lowest BCUT2D eigenvalue weighted by molar-refractivity contribution is -0.138. The summed E-state index contributed by atoms with van der Waals surface area (Å²) in [4.78, 5) is 40.7. The minimum Gasteiger partial charge on any atom is -0.339 e. The topological polar surface area (TPSA) is 69.7 Å². The number of thiophene rings is 1. The lowest BCUT2D eigenvalue weighted by Crippen LogP contribution is -2.43. The van der Waals surface area contributed by atoms with Gasteiger partial charge in [-0.2, -0.15) is 0 Å². The zero-order valence-corrected chi connectivity index (χ0v) is 16.2. The number of hydrogen-bond donors (Lipinski definition) is 1. The van der Waals surface area contributed by atoms with Crippen LogP contribution in [0.2, 0.25) is 4.34 Å². The standard InChI is InChI=1S/C18H17ClFN3O3S/c1-18(12-5-3-4-6-13(12)20)16(25)23(17(26)21-18)10-15(24)22(2)9-11-7-8-14(19)27-11/h3-8H,9-10H2,1-2H3,(H,21,26)/t18-/m0/s1. The van der Waals surface area contributed by atoms with E-state index in [1.54, 1.807) is 25.2 Å². The van der Waals surface area contributed by atoms with Gasteiger partial charge < -0.3 is 10.2 Å². The van der Waals surface area contributed by atoms with E-state index in [4.69, 9.17) is 11.6 Å². The monoisotopic (exact) mass is 409 g/mol. The molecule has 1 atom stereocenters. The number of likely N-dealkylation sites (N-methyl/N-ethyl adjacent to an activating group) is 1. The van der Waals surface area contributed by atoms with Crippen molar-refractivity contribution in [3.63, 3.8) is 0 Å². The number of rotatable bonds is 5. The Morgan fingerprint density at radius 2 is 2.00 bits per heavy atom. The summed E-state index contributed by atoms with van der Waals surface area (Å²) >= 11 is 7.23. The smallest absolute Gasteiger partial charge is 0.325 e. The number of imide groups is 1. The van der Waals surface area contributed by atoms with Crippen LogP contribution in [0.5, 0.6) is 0 Å². The van der Waals surface area contributed by atoms with Crippen LogP contribution < -0.4 is 5.32 Å². The molecule has 1 aliphatic rings. The normalized spacial score (nSPS) is 19.3. The van der Waals surface area contributed by atoms with Gasteiger partial charge in [0.2, 0.25) is 5.91 Å². The van der Waals surface area contributed by atoms with Crippen molar-refractivity contribution in [1.29, 1.82) is 0 Å². The van der Waals surface area contributed by atoms with E-state index >= 15 is 0 Å². The fourth-order valence-corrected chi connectivity index (χ4v) is 4.05. The van der Waals surface area contributed by atoms with Crippen LogP contribution in [0, 0.1) is 5.82 Å². The number of amides is 4. The summed E-state index contributed by atoms with van der Waals surface area (Å²) in [5, 5.41) is 2.50. The Hall–Kier alpha value is -2.45. The molecule has 3 rings (SSSR count). The maximum absolute atomic E-state index is 14.1. The molecule has 0 radical (unpaired) electrons. The molecule has 27 heavy (non-hydrogen) atoms. The highest BCUT2D eigenvalue weighted by molar-refractivity contribution is 7.16. The molecule has 2 heterocycles. The Morgan fingerprint density at radius 1 is 1.30 bits per heavy atom. The highest BCUT2D eigenvalue weighted by Crippen LogP contribution is 2.30. The van der Waals surface area contributed by atoms with E-state index in [-0.39, 0.29) is 5.56 Å². The summed E-state index contributed by atoms with van der Waals surface area (Å²) in [5.41, 5.74) is -1.50. The third-order valence-electron chi connectivity index (χ3n) is 4.43. The second-order valence-corrected chi connectivity index (χ2v) is 8.18. The Balaban J connectivity index is 1.73. The lowest BCUT2D eigenvalue weighted by atomic mass is 9.91. The summed E-state index contributed by atoms with van der Waals surface area (Å²) in [6.45, 7) is 1.31. The minimum absolute atomic E-state index is 0.0554. The Labute approximate surface area is 164 Å². The second-order valence-electron chi connectivity index (χ2n) is 6.38. The average molecular weight is 410 g/mol. The summed E-state index contributed by atoms with van der Waals surface area (Å²) in [6, 6.07) is 8.54. The number of carbonyl (C=O) groups is 3. The van der Waals surface area contributed by atoms with Crippen molar-refractivity contribution in [2.75, 3.05) is 13.6 Å². The van der Waals surface area contributed by atoms with Crippen molar-refractivity contribution in [1.82, 2.24) is 15.1 Å². The van der Waals surface area contributed by atoms with Crippen LogP contribution in [0.25, 0.3) is 0 Å². The number of hydrogen-bond acceptors (Lipinski definition) is 4. The molecule has 1 aliphatic heterocycles. The van der Waals surface area contributed by atoms with E-state index in [1.807, 2.05) is 0 Å². The van der Waals surface area contributed by atoms with Gasteiger partial charge in [0.05, 0.1) is 10.9 Å². The molecular formula is C18H17ClFN3O3S. The van der Waals surface area contributed by atoms with Gasteiger partial charge in [0, 0.05) is 17.5 Å². The molecule has 0 unspecified atom stereocenters. The summed E-state index contributed by atoms with van der Waals surface area (Å²) in [7, 11) is 1.57. The third kappa shape index (κ3) is 3.68. The molecule has 142 valence electrons. The highest BCUT2D eigenvalue weighted by atomic mass is 35.5. The molecular weight excluding hydrogens is 393 g/mol. The van der Waals surface area contributed by atoms with Crippen LogP contribution in [0.4, 0.5) is 9.18 Å². The van der Waals surface area contributed by atoms with Gasteiger partial charge in [0.15, 0.2) is 0 Å². The predicted molar refractivity (Wildman–Crippen MR) is 99.8 cm³/mol. The van der Waals surface area contributed by atoms with Gasteiger partial charge in [0.1, 0.15) is 17.9 Å². The molecule has 0 aliphatic carbocycles. The molecule has 9 heteroatoms. The van der Waals surface area contributed by atoms with Crippen molar-refractivity contribution in [2.45, 2.75) is 19.0 Å². The van der Waals surface area contributed by atoms with E-state index in [9.17, 15) is 18.8 Å². The van der Waals surface area contributed by atoms with Gasteiger partial charge in [-0.1, -0.05) is 29.8 Å². The van der Waals surface area contributed by atoms with Crippen molar-refractivity contribution < 1.29 is 18.8 Å². The Morgan fingerprint density at radius 3 is 2.63 bits per heavy atom. The van der Waals surface area contributed by atoms with Crippen molar-refractivity contribution >= 4 is 40.8 Å². The van der Waals surface area contributed by atoms with Gasteiger partial charge in [-0.15, -0.1) is 11.3 Å². The van der Waals surface area contributed by atoms with Crippen LogP contribution in [-0.4, -0.2) is 41.2 Å². The van der Waals surface area contributed by atoms with Gasteiger partial charge in [-0.25, -0.2) is 9.18 Å². The number of halogens is 2. The first-order valence-electron chi connectivity index (χ1n) is 8.09. The van der Waals surface area contributed by atoms with Gasteiger partial charge in [0.25, 0.3) is 5.91 Å². The molecule has 4 amide bonds. The molecule has 1 N–H and O–H groups in total. The van der Waals surface area contributed by atoms with Crippen LogP contribution in [0.1, 0.15) is 17.4 Å². The summed E-state index contributed by atoms with van der Waals surface area (Å²) < 4.78 is 14.8. The summed E-state index contributed by atoms with van der Waals surface area (Å²) in [6.07, 6.45) is 0. The molecule has 6 nitrogen and oxygen atoms in total. The second kappa shape index (κ2) is 7.28. The van der Waals surface area contributed by atoms with Crippen molar-refractivity contribution in [2.24, 2.45) is 0 Å². The molecule has 1 fully saturated rings. The fourth-order valence-electron chi connectivity index (χ4n) is 2.90. The van der Waals surface area contributed by atoms with Gasteiger partial charge in [-0.05, 0) is 25.1 Å². The number of nitrogens with zero attached hydrogens (tertiary/aromatic N) is 2. The van der Waals surface area contributed by atoms with Crippen molar-refractivity contribution in [3.8, 4) is 0 Å². The molecule has 0 bridgehead atoms. The van der Waals surface area contributed by atoms with Crippen LogP contribution in [-0.2, 0) is 21.7 Å². The molecule has 0 spiro atoms. The number of carbonyl (C=O) groups excluding carboxylic acids is 3. The first kappa shape index (κ1) is 19.3. The molecule has 1 aromatic carbocycles. The maximum atomic E-state index is 14.1. The molecule has 1 aromatic heterocycles. The molecule has 0 saturated carbocycles. The lowest BCUT2D eigenvalue weighted by Gasteiger charge is -2.23. The average Bonchev–Trinajstić information content (AvgIpc) is 3.11. The van der Waals surface area contributed by atoms with E-state index in [0.29, 0.717) is 10.9 Å². The quantitative estimate of drug-likeness (QED) is 0.772. The minimum atomic E-state index is -1.55. The highest BCUT2D eigenvalue weighted by Gasteiger charge is 2.50. The third-order valence-corrected chi connectivity index (χ3v) is 5.64. The zero-order valence-electron chi connectivity index (χ0n) is 14.7. The van der Waals surface area contributed by atoms with E-state index in [0.717, 1.165) is 9.78 Å². The zero-order chi connectivity index (χ0) is 19.8. The van der Waals surface area contributed by atoms with E-state index < -0.39 is 35.7 Å². The fraction of sp³-hybridized carbons (Fsp3) is 0.278. The predicted octanol–water partition coefficient (Wildman–Crippen LogP) is 2.97. The maximum Gasteiger partial charge on any atom is 0.325 e. The Kier molecular flexibility index (Phi) is 5.21. The molecule has 2 aromatic rings. The number of urea groups is 1. The van der Waals surface area contributed by atoms with Crippen LogP contribution in [0.15, 0.2) is 36.4 Å². The first-order chi connectivity index (χ1) is 12.7. The van der Waals surface area contributed by atoms with Crippen LogP contribution >= 0.6 is 22.9 Å². The van der Waals surface area contributed by atoms with E-state index in [2.05, 4.69) is 5.32 Å². The Bertz CT molecular complexity index is 919.